The van der Waals surface area contributed by atoms with Crippen LogP contribution in [0.5, 0.6) is 0 Å². The average Bonchev–Trinajstić information content (AvgIpc) is 2.80. The lowest BCUT2D eigenvalue weighted by Gasteiger charge is -2.31. The zero-order valence-corrected chi connectivity index (χ0v) is 13.6. The largest absolute Gasteiger partial charge is 0.391 e. The SMILES string of the molecule is CCC1CN(S(=O)(=O)c2c(C)csc2CO)CCS1. The van der Waals surface area contributed by atoms with E-state index in [1.165, 1.54) is 11.3 Å². The van der Waals surface area contributed by atoms with Crippen LogP contribution in [0.25, 0.3) is 0 Å². The van der Waals surface area contributed by atoms with Gasteiger partial charge in [-0.05, 0) is 24.3 Å². The number of rotatable bonds is 4. The Kier molecular flexibility index (Phi) is 4.94. The first-order valence-corrected chi connectivity index (χ1v) is 9.67. The molecule has 1 saturated heterocycles. The molecule has 1 N–H and O–H groups in total. The topological polar surface area (TPSA) is 57.6 Å². The van der Waals surface area contributed by atoms with Gasteiger partial charge < -0.3 is 5.11 Å². The van der Waals surface area contributed by atoms with Crippen molar-refractivity contribution in [2.24, 2.45) is 0 Å². The van der Waals surface area contributed by atoms with Crippen LogP contribution in [0.2, 0.25) is 0 Å². The van der Waals surface area contributed by atoms with Gasteiger partial charge in [0.25, 0.3) is 0 Å². The van der Waals surface area contributed by atoms with Crippen molar-refractivity contribution in [2.75, 3.05) is 18.8 Å². The molecule has 0 saturated carbocycles. The molecule has 0 radical (unpaired) electrons. The number of thiophene rings is 1. The van der Waals surface area contributed by atoms with Gasteiger partial charge in [-0.3, -0.25) is 0 Å². The van der Waals surface area contributed by atoms with Gasteiger partial charge in [0, 0.05) is 24.1 Å². The van der Waals surface area contributed by atoms with Crippen LogP contribution in [0.3, 0.4) is 0 Å². The van der Waals surface area contributed by atoms with Gasteiger partial charge in [-0.15, -0.1) is 11.3 Å². The van der Waals surface area contributed by atoms with Gasteiger partial charge in [-0.1, -0.05) is 6.92 Å². The molecule has 1 aliphatic heterocycles. The standard InChI is InChI=1S/C12H19NO3S3/c1-3-10-6-13(4-5-17-10)19(15,16)12-9(2)8-18-11(12)7-14/h8,10,14H,3-7H2,1-2H3. The molecule has 1 atom stereocenters. The van der Waals surface area contributed by atoms with Crippen LogP contribution in [0, 0.1) is 6.92 Å². The summed E-state index contributed by atoms with van der Waals surface area (Å²) in [6.07, 6.45) is 0.978. The third kappa shape index (κ3) is 3.00. The molecule has 1 unspecified atom stereocenters. The highest BCUT2D eigenvalue weighted by atomic mass is 32.2. The molecular formula is C12H19NO3S3. The van der Waals surface area contributed by atoms with Gasteiger partial charge in [0.1, 0.15) is 4.90 Å². The van der Waals surface area contributed by atoms with Crippen molar-refractivity contribution >= 4 is 33.1 Å². The molecule has 2 heterocycles. The van der Waals surface area contributed by atoms with Crippen molar-refractivity contribution in [1.82, 2.24) is 4.31 Å². The fourth-order valence-electron chi connectivity index (χ4n) is 2.23. The lowest BCUT2D eigenvalue weighted by molar-refractivity contribution is 0.282. The summed E-state index contributed by atoms with van der Waals surface area (Å²) in [5.41, 5.74) is 0.736. The highest BCUT2D eigenvalue weighted by Crippen LogP contribution is 2.32. The minimum atomic E-state index is -3.46. The van der Waals surface area contributed by atoms with Crippen LogP contribution in [-0.4, -0.2) is 41.9 Å². The second-order valence-electron chi connectivity index (χ2n) is 4.59. The Labute approximate surface area is 122 Å². The maximum Gasteiger partial charge on any atom is 0.244 e. The summed E-state index contributed by atoms with van der Waals surface area (Å²) in [5, 5.41) is 11.5. The van der Waals surface area contributed by atoms with Crippen molar-refractivity contribution in [3.8, 4) is 0 Å². The van der Waals surface area contributed by atoms with Crippen molar-refractivity contribution in [2.45, 2.75) is 37.0 Å². The molecule has 19 heavy (non-hydrogen) atoms. The first kappa shape index (κ1) is 15.3. The van der Waals surface area contributed by atoms with Gasteiger partial charge in [-0.2, -0.15) is 16.1 Å². The maximum atomic E-state index is 12.7. The Hall–Kier alpha value is -0.0800. The number of hydrogen-bond acceptors (Lipinski definition) is 5. The van der Waals surface area contributed by atoms with E-state index in [1.807, 2.05) is 11.8 Å². The number of sulfonamides is 1. The summed E-state index contributed by atoms with van der Waals surface area (Å²) in [6, 6.07) is 0. The fraction of sp³-hybridized carbons (Fsp3) is 0.667. The van der Waals surface area contributed by atoms with E-state index < -0.39 is 10.0 Å². The molecule has 0 aliphatic carbocycles. The highest BCUT2D eigenvalue weighted by molar-refractivity contribution is 8.00. The predicted octanol–water partition coefficient (Wildman–Crippen LogP) is 2.06. The van der Waals surface area contributed by atoms with E-state index >= 15 is 0 Å². The number of aryl methyl sites for hydroxylation is 1. The molecule has 1 aromatic heterocycles. The van der Waals surface area contributed by atoms with E-state index in [4.69, 9.17) is 0 Å². The summed E-state index contributed by atoms with van der Waals surface area (Å²) in [5.74, 6) is 0.843. The predicted molar refractivity (Wildman–Crippen MR) is 80.3 cm³/mol. The molecule has 1 fully saturated rings. The van der Waals surface area contributed by atoms with Gasteiger partial charge >= 0.3 is 0 Å². The smallest absolute Gasteiger partial charge is 0.244 e. The third-order valence-electron chi connectivity index (χ3n) is 3.29. The van der Waals surface area contributed by atoms with Crippen LogP contribution in [-0.2, 0) is 16.6 Å². The third-order valence-corrected chi connectivity index (χ3v) is 7.97. The average molecular weight is 321 g/mol. The molecule has 0 aromatic carbocycles. The molecule has 0 amide bonds. The zero-order valence-electron chi connectivity index (χ0n) is 11.1. The first-order valence-electron chi connectivity index (χ1n) is 6.30. The Bertz CT molecular complexity index is 538. The van der Waals surface area contributed by atoms with Crippen molar-refractivity contribution in [3.63, 3.8) is 0 Å². The minimum Gasteiger partial charge on any atom is -0.391 e. The van der Waals surface area contributed by atoms with Crippen LogP contribution in [0.4, 0.5) is 0 Å². The lowest BCUT2D eigenvalue weighted by Crippen LogP contribution is -2.42. The summed E-state index contributed by atoms with van der Waals surface area (Å²) >= 11 is 3.15. The van der Waals surface area contributed by atoms with Crippen LogP contribution < -0.4 is 0 Å². The monoisotopic (exact) mass is 321 g/mol. The van der Waals surface area contributed by atoms with E-state index in [0.717, 1.165) is 17.7 Å². The molecule has 4 nitrogen and oxygen atoms in total. The Balaban J connectivity index is 2.34. The molecule has 0 bridgehead atoms. The van der Waals surface area contributed by atoms with Gasteiger partial charge in [0.05, 0.1) is 11.5 Å². The van der Waals surface area contributed by atoms with E-state index in [-0.39, 0.29) is 6.61 Å². The van der Waals surface area contributed by atoms with Crippen molar-refractivity contribution < 1.29 is 13.5 Å². The quantitative estimate of drug-likeness (QED) is 0.922. The van der Waals surface area contributed by atoms with Crippen LogP contribution in [0.1, 0.15) is 23.8 Å². The van der Waals surface area contributed by atoms with E-state index in [2.05, 4.69) is 6.92 Å². The number of aliphatic hydroxyl groups is 1. The van der Waals surface area contributed by atoms with Crippen LogP contribution in [0.15, 0.2) is 10.3 Å². The van der Waals surface area contributed by atoms with Gasteiger partial charge in [-0.25, -0.2) is 8.42 Å². The van der Waals surface area contributed by atoms with Gasteiger partial charge in [0.2, 0.25) is 10.0 Å². The Morgan fingerprint density at radius 2 is 2.26 bits per heavy atom. The fourth-order valence-corrected chi connectivity index (χ4v) is 6.72. The van der Waals surface area contributed by atoms with Gasteiger partial charge in [0.15, 0.2) is 0 Å². The molecule has 108 valence electrons. The first-order chi connectivity index (χ1) is 9.00. The maximum absolute atomic E-state index is 12.7. The Morgan fingerprint density at radius 1 is 1.53 bits per heavy atom. The second-order valence-corrected chi connectivity index (χ2v) is 8.84. The lowest BCUT2D eigenvalue weighted by atomic mass is 10.3. The van der Waals surface area contributed by atoms with E-state index in [9.17, 15) is 13.5 Å². The van der Waals surface area contributed by atoms with E-state index in [0.29, 0.717) is 28.1 Å². The molecule has 1 aliphatic rings. The van der Waals surface area contributed by atoms with Crippen molar-refractivity contribution in [1.29, 1.82) is 0 Å². The summed E-state index contributed by atoms with van der Waals surface area (Å²) in [6.45, 7) is 4.79. The molecule has 7 heteroatoms. The summed E-state index contributed by atoms with van der Waals surface area (Å²) in [4.78, 5) is 0.866. The minimum absolute atomic E-state index is 0.215. The zero-order chi connectivity index (χ0) is 14.0. The van der Waals surface area contributed by atoms with Crippen molar-refractivity contribution in [3.05, 3.63) is 15.8 Å². The van der Waals surface area contributed by atoms with E-state index in [1.54, 1.807) is 16.6 Å². The normalized spacial score (nSPS) is 21.7. The molecule has 0 spiro atoms. The number of thioether (sulfide) groups is 1. The molecule has 2 rings (SSSR count). The summed E-state index contributed by atoms with van der Waals surface area (Å²) < 4.78 is 27.0. The molecular weight excluding hydrogens is 302 g/mol. The summed E-state index contributed by atoms with van der Waals surface area (Å²) in [7, 11) is -3.46. The Morgan fingerprint density at radius 3 is 2.89 bits per heavy atom. The number of nitrogens with zero attached hydrogens (tertiary/aromatic N) is 1. The number of aliphatic hydroxyl groups excluding tert-OH is 1. The van der Waals surface area contributed by atoms with Crippen LogP contribution >= 0.6 is 23.1 Å². The number of hydrogen-bond donors (Lipinski definition) is 1. The highest BCUT2D eigenvalue weighted by Gasteiger charge is 2.33. The second kappa shape index (κ2) is 6.13. The molecule has 1 aromatic rings.